The third-order valence-corrected chi connectivity index (χ3v) is 7.19. The van der Waals surface area contributed by atoms with Crippen LogP contribution in [0.1, 0.15) is 61.5 Å². The van der Waals surface area contributed by atoms with Crippen LogP contribution in [-0.4, -0.2) is 77.3 Å². The van der Waals surface area contributed by atoms with Crippen LogP contribution in [0, 0.1) is 12.8 Å². The highest BCUT2D eigenvalue weighted by molar-refractivity contribution is 5.94. The summed E-state index contributed by atoms with van der Waals surface area (Å²) in [6.45, 7) is 5.67. The number of hydrogen-bond acceptors (Lipinski definition) is 6. The number of likely N-dealkylation sites (tertiary alicyclic amines) is 2. The second kappa shape index (κ2) is 9.52. The average Bonchev–Trinajstić information content (AvgIpc) is 2.80. The van der Waals surface area contributed by atoms with Gasteiger partial charge in [0.25, 0.3) is 0 Å². The summed E-state index contributed by atoms with van der Waals surface area (Å²) < 4.78 is 0. The fourth-order valence-corrected chi connectivity index (χ4v) is 5.22. The van der Waals surface area contributed by atoms with E-state index in [1.165, 1.54) is 0 Å². The Morgan fingerprint density at radius 3 is 2.56 bits per heavy atom. The molecule has 0 spiro atoms. The van der Waals surface area contributed by atoms with Gasteiger partial charge in [0.1, 0.15) is 11.6 Å². The second-order valence-corrected chi connectivity index (χ2v) is 9.38. The van der Waals surface area contributed by atoms with Crippen LogP contribution in [0.4, 0.5) is 5.82 Å². The van der Waals surface area contributed by atoms with Crippen molar-refractivity contribution in [1.29, 1.82) is 0 Å². The van der Waals surface area contributed by atoms with Crippen molar-refractivity contribution >= 4 is 23.5 Å². The zero-order valence-corrected chi connectivity index (χ0v) is 19.2. The number of carbonyl (C=O) groups excluding carboxylic acids is 3. The van der Waals surface area contributed by atoms with Crippen molar-refractivity contribution in [1.82, 2.24) is 19.8 Å². The monoisotopic (exact) mass is 442 g/mol. The predicted octanol–water partition coefficient (Wildman–Crippen LogP) is 0.987. The van der Waals surface area contributed by atoms with Crippen molar-refractivity contribution in [2.24, 2.45) is 11.7 Å². The smallest absolute Gasteiger partial charge is 0.228 e. The quantitative estimate of drug-likeness (QED) is 0.728. The minimum absolute atomic E-state index is 0.00456. The Morgan fingerprint density at radius 1 is 1.09 bits per heavy atom. The zero-order valence-electron chi connectivity index (χ0n) is 19.2. The van der Waals surface area contributed by atoms with Crippen LogP contribution in [0.3, 0.4) is 0 Å². The number of anilines is 1. The molecule has 2 N–H and O–H groups in total. The highest BCUT2D eigenvalue weighted by Crippen LogP contribution is 2.32. The van der Waals surface area contributed by atoms with Gasteiger partial charge in [-0.2, -0.15) is 0 Å². The summed E-state index contributed by atoms with van der Waals surface area (Å²) in [5.74, 6) is 1.77. The number of piperidine rings is 2. The first-order chi connectivity index (χ1) is 15.3. The molecule has 174 valence electrons. The molecule has 0 bridgehead atoms. The Hall–Kier alpha value is -2.55. The predicted molar refractivity (Wildman–Crippen MR) is 120 cm³/mol. The molecular formula is C23H34N6O3. The third kappa shape index (κ3) is 4.77. The first-order valence-electron chi connectivity index (χ1n) is 11.8. The number of nitrogens with zero attached hydrogens (tertiary/aromatic N) is 5. The molecular weight excluding hydrogens is 408 g/mol. The van der Waals surface area contributed by atoms with Crippen LogP contribution < -0.4 is 10.6 Å². The minimum Gasteiger partial charge on any atom is -0.370 e. The minimum atomic E-state index is -0.296. The number of aromatic nitrogens is 2. The van der Waals surface area contributed by atoms with Crippen molar-refractivity contribution in [3.05, 3.63) is 17.1 Å². The number of hydrogen-bond donors (Lipinski definition) is 1. The molecule has 9 heteroatoms. The Morgan fingerprint density at radius 2 is 1.84 bits per heavy atom. The normalized spacial score (nSPS) is 22.7. The molecule has 1 aromatic heterocycles. The molecule has 0 aliphatic carbocycles. The molecule has 3 amide bonds. The molecule has 9 nitrogen and oxygen atoms in total. The van der Waals surface area contributed by atoms with Crippen molar-refractivity contribution < 1.29 is 14.4 Å². The number of nitrogens with two attached hydrogens (primary N) is 1. The molecule has 0 saturated carbocycles. The molecule has 2 fully saturated rings. The maximum atomic E-state index is 13.1. The standard InChI is InChI=1S/C23H34N6O3/c1-15-18-5-6-20(31)27(2)22(18)26-21(25-15)16-7-12-29(13-8-16)23(32)17-4-3-10-28(14-17)11-9-19(24)30/h16-17H,3-14H2,1-2H3,(H2,24,30)/t17-/m0/s1. The number of carbonyl (C=O) groups is 3. The Labute approximate surface area is 189 Å². The number of amides is 3. The summed E-state index contributed by atoms with van der Waals surface area (Å²) in [6, 6.07) is 0. The lowest BCUT2D eigenvalue weighted by Gasteiger charge is -2.37. The lowest BCUT2D eigenvalue weighted by atomic mass is 9.92. The SMILES string of the molecule is Cc1nc(C2CCN(C(=O)[C@H]3CCCN(CCC(N)=O)C3)CC2)nc2c1CCC(=O)N2C. The van der Waals surface area contributed by atoms with E-state index in [0.717, 1.165) is 55.1 Å². The van der Waals surface area contributed by atoms with Crippen LogP contribution in [-0.2, 0) is 20.8 Å². The summed E-state index contributed by atoms with van der Waals surface area (Å²) >= 11 is 0. The summed E-state index contributed by atoms with van der Waals surface area (Å²) in [5, 5.41) is 0. The number of aryl methyl sites for hydroxylation is 1. The van der Waals surface area contributed by atoms with Gasteiger partial charge in [0, 0.05) is 63.2 Å². The molecule has 3 aliphatic rings. The Kier molecular flexibility index (Phi) is 6.74. The number of fused-ring (bicyclic) bond motifs is 1. The van der Waals surface area contributed by atoms with Gasteiger partial charge < -0.3 is 15.5 Å². The lowest BCUT2D eigenvalue weighted by molar-refractivity contribution is -0.138. The van der Waals surface area contributed by atoms with Crippen LogP contribution in [0.2, 0.25) is 0 Å². The van der Waals surface area contributed by atoms with Gasteiger partial charge in [0.15, 0.2) is 0 Å². The van der Waals surface area contributed by atoms with Crippen molar-refractivity contribution in [2.75, 3.05) is 44.7 Å². The molecule has 0 unspecified atom stereocenters. The average molecular weight is 443 g/mol. The van der Waals surface area contributed by atoms with E-state index in [2.05, 4.69) is 4.90 Å². The van der Waals surface area contributed by atoms with E-state index in [1.54, 1.807) is 11.9 Å². The fourth-order valence-electron chi connectivity index (χ4n) is 5.22. The Balaban J connectivity index is 1.36. The van der Waals surface area contributed by atoms with Gasteiger partial charge in [-0.3, -0.25) is 19.3 Å². The van der Waals surface area contributed by atoms with Gasteiger partial charge in [0.2, 0.25) is 17.7 Å². The molecule has 32 heavy (non-hydrogen) atoms. The zero-order chi connectivity index (χ0) is 22.8. The molecule has 0 radical (unpaired) electrons. The third-order valence-electron chi connectivity index (χ3n) is 7.19. The van der Waals surface area contributed by atoms with E-state index < -0.39 is 0 Å². The summed E-state index contributed by atoms with van der Waals surface area (Å²) in [4.78, 5) is 51.7. The summed E-state index contributed by atoms with van der Waals surface area (Å²) in [7, 11) is 1.79. The van der Waals surface area contributed by atoms with Crippen molar-refractivity contribution in [2.45, 2.75) is 57.8 Å². The number of rotatable bonds is 5. The molecule has 4 heterocycles. The van der Waals surface area contributed by atoms with Crippen LogP contribution >= 0.6 is 0 Å². The maximum absolute atomic E-state index is 13.1. The molecule has 2 saturated heterocycles. The summed E-state index contributed by atoms with van der Waals surface area (Å²) in [6.07, 6.45) is 5.09. The highest BCUT2D eigenvalue weighted by atomic mass is 16.2. The summed E-state index contributed by atoms with van der Waals surface area (Å²) in [5.41, 5.74) is 7.30. The van der Waals surface area contributed by atoms with Crippen LogP contribution in [0.5, 0.6) is 0 Å². The van der Waals surface area contributed by atoms with E-state index in [1.807, 2.05) is 11.8 Å². The Bertz CT molecular complexity index is 896. The molecule has 1 aromatic rings. The van der Waals surface area contributed by atoms with E-state index in [-0.39, 0.29) is 29.6 Å². The molecule has 0 aromatic carbocycles. The largest absolute Gasteiger partial charge is 0.370 e. The topological polar surface area (TPSA) is 113 Å². The van der Waals surface area contributed by atoms with Crippen molar-refractivity contribution in [3.63, 3.8) is 0 Å². The van der Waals surface area contributed by atoms with Gasteiger partial charge in [-0.25, -0.2) is 9.97 Å². The number of primary amides is 1. The van der Waals surface area contributed by atoms with E-state index in [0.29, 0.717) is 45.4 Å². The van der Waals surface area contributed by atoms with Gasteiger partial charge in [-0.1, -0.05) is 0 Å². The molecule has 1 atom stereocenters. The van der Waals surface area contributed by atoms with Gasteiger partial charge in [-0.05, 0) is 45.6 Å². The molecule has 3 aliphatic heterocycles. The van der Waals surface area contributed by atoms with E-state index >= 15 is 0 Å². The molecule has 4 rings (SSSR count). The van der Waals surface area contributed by atoms with Crippen LogP contribution in [0.15, 0.2) is 0 Å². The van der Waals surface area contributed by atoms with E-state index in [9.17, 15) is 14.4 Å². The fraction of sp³-hybridized carbons (Fsp3) is 0.696. The first-order valence-corrected chi connectivity index (χ1v) is 11.8. The highest BCUT2D eigenvalue weighted by Gasteiger charge is 2.33. The van der Waals surface area contributed by atoms with Crippen molar-refractivity contribution in [3.8, 4) is 0 Å². The maximum Gasteiger partial charge on any atom is 0.228 e. The van der Waals surface area contributed by atoms with Gasteiger partial charge >= 0.3 is 0 Å². The van der Waals surface area contributed by atoms with Gasteiger partial charge in [0.05, 0.1) is 5.92 Å². The van der Waals surface area contributed by atoms with Crippen LogP contribution in [0.25, 0.3) is 0 Å². The first kappa shape index (κ1) is 22.6. The van der Waals surface area contributed by atoms with E-state index in [4.69, 9.17) is 15.7 Å². The lowest BCUT2D eigenvalue weighted by Crippen LogP contribution is -2.47. The second-order valence-electron chi connectivity index (χ2n) is 9.38. The van der Waals surface area contributed by atoms with Gasteiger partial charge in [-0.15, -0.1) is 0 Å².